The molecule has 0 spiro atoms. The van der Waals surface area contributed by atoms with Crippen LogP contribution >= 0.6 is 0 Å². The van der Waals surface area contributed by atoms with Crippen LogP contribution in [0.15, 0.2) is 164 Å². The van der Waals surface area contributed by atoms with E-state index < -0.39 is 0 Å². The molecule has 47 heavy (non-hydrogen) atoms. The quantitative estimate of drug-likeness (QED) is 0.188. The minimum atomic E-state index is 1.19. The average Bonchev–Trinajstić information content (AvgIpc) is 3.49. The normalized spacial score (nSPS) is 12.3. The minimum Gasteiger partial charge on any atom is -0.309 e. The summed E-state index contributed by atoms with van der Waals surface area (Å²) in [7, 11) is 0. The molecule has 0 bridgehead atoms. The van der Waals surface area contributed by atoms with Crippen LogP contribution in [0, 0.1) is 0 Å². The highest BCUT2D eigenvalue weighted by Gasteiger charge is 2.24. The Balaban J connectivity index is 1.10. The van der Waals surface area contributed by atoms with Crippen LogP contribution in [-0.4, -0.2) is 4.57 Å². The molecular formula is C46H27N. The van der Waals surface area contributed by atoms with Gasteiger partial charge in [-0.1, -0.05) is 109 Å². The van der Waals surface area contributed by atoms with Gasteiger partial charge in [-0.25, -0.2) is 0 Å². The van der Waals surface area contributed by atoms with E-state index in [2.05, 4.69) is 168 Å². The van der Waals surface area contributed by atoms with Crippen molar-refractivity contribution in [3.05, 3.63) is 164 Å². The maximum Gasteiger partial charge on any atom is 0.0547 e. The summed E-state index contributed by atoms with van der Waals surface area (Å²) in [5.74, 6) is 0. The molecule has 11 rings (SSSR count). The van der Waals surface area contributed by atoms with Gasteiger partial charge in [0.15, 0.2) is 0 Å². The molecule has 0 aliphatic heterocycles. The van der Waals surface area contributed by atoms with Crippen molar-refractivity contribution in [2.75, 3.05) is 0 Å². The smallest absolute Gasteiger partial charge is 0.0547 e. The molecule has 0 amide bonds. The van der Waals surface area contributed by atoms with Crippen molar-refractivity contribution in [2.24, 2.45) is 0 Å². The third-order valence-electron chi connectivity index (χ3n) is 10.4. The lowest BCUT2D eigenvalue weighted by atomic mass is 9.77. The molecule has 1 aromatic heterocycles. The fourth-order valence-electron chi connectivity index (χ4n) is 8.19. The van der Waals surface area contributed by atoms with Gasteiger partial charge >= 0.3 is 0 Å². The third kappa shape index (κ3) is 3.49. The SMILES string of the molecule is c1ccc(-c2ccc3cc4c(cc3c2)-c2cc3ccc(-n5c6ccc7ccccc7c6c6c7ccccc7ccc65)cc3cc2-4)cc1. The molecule has 0 saturated heterocycles. The lowest BCUT2D eigenvalue weighted by molar-refractivity contribution is 1.19. The zero-order valence-corrected chi connectivity index (χ0v) is 25.5. The minimum absolute atomic E-state index is 1.19. The van der Waals surface area contributed by atoms with Crippen LogP contribution in [-0.2, 0) is 0 Å². The van der Waals surface area contributed by atoms with E-state index in [-0.39, 0.29) is 0 Å². The maximum absolute atomic E-state index is 2.47. The molecule has 0 N–H and O–H groups in total. The Kier molecular flexibility index (Phi) is 4.90. The summed E-state index contributed by atoms with van der Waals surface area (Å²) in [6, 6.07) is 60.7. The molecule has 0 saturated carbocycles. The number of nitrogens with zero attached hydrogens (tertiary/aromatic N) is 1. The van der Waals surface area contributed by atoms with Gasteiger partial charge in [0.1, 0.15) is 0 Å². The lowest BCUT2D eigenvalue weighted by Gasteiger charge is -2.26. The number of fused-ring (bicyclic) bond motifs is 13. The molecule has 1 heterocycles. The van der Waals surface area contributed by atoms with Crippen LogP contribution in [0.5, 0.6) is 0 Å². The van der Waals surface area contributed by atoms with E-state index in [1.807, 2.05) is 0 Å². The highest BCUT2D eigenvalue weighted by atomic mass is 15.0. The predicted molar refractivity (Wildman–Crippen MR) is 201 cm³/mol. The first kappa shape index (κ1) is 25.1. The van der Waals surface area contributed by atoms with E-state index in [0.29, 0.717) is 0 Å². The van der Waals surface area contributed by atoms with Crippen LogP contribution in [0.25, 0.3) is 104 Å². The second-order valence-electron chi connectivity index (χ2n) is 13.0. The monoisotopic (exact) mass is 593 g/mol. The van der Waals surface area contributed by atoms with E-state index >= 15 is 0 Å². The van der Waals surface area contributed by atoms with Gasteiger partial charge in [0.25, 0.3) is 0 Å². The first-order chi connectivity index (χ1) is 23.3. The first-order valence-corrected chi connectivity index (χ1v) is 16.3. The van der Waals surface area contributed by atoms with Crippen LogP contribution in [0.3, 0.4) is 0 Å². The number of rotatable bonds is 2. The van der Waals surface area contributed by atoms with Crippen molar-refractivity contribution in [1.82, 2.24) is 4.57 Å². The Morgan fingerprint density at radius 2 is 0.787 bits per heavy atom. The summed E-state index contributed by atoms with van der Waals surface area (Å²) >= 11 is 0. The average molecular weight is 594 g/mol. The van der Waals surface area contributed by atoms with Crippen molar-refractivity contribution >= 4 is 64.9 Å². The number of hydrogen-bond donors (Lipinski definition) is 0. The Morgan fingerprint density at radius 1 is 0.298 bits per heavy atom. The van der Waals surface area contributed by atoms with E-state index in [9.17, 15) is 0 Å². The number of benzene rings is 9. The van der Waals surface area contributed by atoms with E-state index in [1.165, 1.54) is 104 Å². The van der Waals surface area contributed by atoms with Crippen molar-refractivity contribution < 1.29 is 0 Å². The number of hydrogen-bond acceptors (Lipinski definition) is 0. The van der Waals surface area contributed by atoms with Crippen LogP contribution in [0.4, 0.5) is 0 Å². The van der Waals surface area contributed by atoms with Gasteiger partial charge in [-0.2, -0.15) is 0 Å². The van der Waals surface area contributed by atoms with Crippen molar-refractivity contribution in [2.45, 2.75) is 0 Å². The van der Waals surface area contributed by atoms with Gasteiger partial charge in [-0.15, -0.1) is 0 Å². The Hall–Kier alpha value is -6.18. The van der Waals surface area contributed by atoms with Crippen LogP contribution < -0.4 is 0 Å². The Labute approximate surface area is 271 Å². The summed E-state index contributed by atoms with van der Waals surface area (Å²) in [5, 5.41) is 12.9. The molecule has 9 aromatic carbocycles. The molecule has 0 unspecified atom stereocenters. The molecule has 1 aliphatic rings. The summed E-state index contributed by atoms with van der Waals surface area (Å²) < 4.78 is 2.47. The summed E-state index contributed by atoms with van der Waals surface area (Å²) in [6.45, 7) is 0. The number of aromatic nitrogens is 1. The second kappa shape index (κ2) is 9.19. The van der Waals surface area contributed by atoms with Gasteiger partial charge in [0, 0.05) is 16.5 Å². The Morgan fingerprint density at radius 3 is 1.40 bits per heavy atom. The van der Waals surface area contributed by atoms with E-state index in [4.69, 9.17) is 0 Å². The summed E-state index contributed by atoms with van der Waals surface area (Å²) in [5.41, 5.74) is 11.6. The van der Waals surface area contributed by atoms with Crippen molar-refractivity contribution in [3.63, 3.8) is 0 Å². The van der Waals surface area contributed by atoms with Gasteiger partial charge < -0.3 is 4.57 Å². The highest BCUT2D eigenvalue weighted by molar-refractivity contribution is 6.28. The molecule has 0 fully saturated rings. The largest absolute Gasteiger partial charge is 0.309 e. The van der Waals surface area contributed by atoms with Gasteiger partial charge in [-0.05, 0) is 131 Å². The fraction of sp³-hybridized carbons (Fsp3) is 0. The van der Waals surface area contributed by atoms with E-state index in [1.54, 1.807) is 0 Å². The van der Waals surface area contributed by atoms with Crippen LogP contribution in [0.2, 0.25) is 0 Å². The zero-order chi connectivity index (χ0) is 30.6. The van der Waals surface area contributed by atoms with Crippen molar-refractivity contribution in [3.8, 4) is 39.1 Å². The van der Waals surface area contributed by atoms with Crippen molar-refractivity contribution in [1.29, 1.82) is 0 Å². The molecule has 1 heteroatoms. The highest BCUT2D eigenvalue weighted by Crippen LogP contribution is 2.51. The summed E-state index contributed by atoms with van der Waals surface area (Å²) in [4.78, 5) is 0. The topological polar surface area (TPSA) is 4.93 Å². The Bertz CT molecular complexity index is 2850. The maximum atomic E-state index is 2.47. The molecule has 0 radical (unpaired) electrons. The second-order valence-corrected chi connectivity index (χ2v) is 13.0. The van der Waals surface area contributed by atoms with Gasteiger partial charge in [0.2, 0.25) is 0 Å². The first-order valence-electron chi connectivity index (χ1n) is 16.3. The molecule has 0 atom stereocenters. The molecule has 10 aromatic rings. The van der Waals surface area contributed by atoms with E-state index in [0.717, 1.165) is 0 Å². The zero-order valence-electron chi connectivity index (χ0n) is 25.5. The van der Waals surface area contributed by atoms with Crippen LogP contribution in [0.1, 0.15) is 0 Å². The molecule has 1 nitrogen and oxygen atoms in total. The van der Waals surface area contributed by atoms with Gasteiger partial charge in [0.05, 0.1) is 11.0 Å². The summed E-state index contributed by atoms with van der Waals surface area (Å²) in [6.07, 6.45) is 0. The standard InChI is InChI=1S/C46H27N/c1-2-8-28(9-3-1)31-14-15-32-24-39-41(26-34(32)22-31)40-25-33-16-19-36(23-35(33)27-42(39)40)47-43-20-17-29-10-4-6-12-37(29)45(43)46-38-13-7-5-11-30(38)18-21-44(46)47/h1-27H. The fourth-order valence-corrected chi connectivity index (χ4v) is 8.19. The molecule has 1 aliphatic carbocycles. The predicted octanol–water partition coefficient (Wildman–Crippen LogP) is 12.7. The van der Waals surface area contributed by atoms with Gasteiger partial charge in [-0.3, -0.25) is 0 Å². The molecular weight excluding hydrogens is 567 g/mol. The third-order valence-corrected chi connectivity index (χ3v) is 10.4. The molecule has 216 valence electrons. The lowest BCUT2D eigenvalue weighted by Crippen LogP contribution is -2.00.